The van der Waals surface area contributed by atoms with Crippen LogP contribution in [0.25, 0.3) is 0 Å². The van der Waals surface area contributed by atoms with Crippen molar-refractivity contribution < 1.29 is 0 Å². The molecule has 0 spiro atoms. The minimum absolute atomic E-state index is 0.174. The van der Waals surface area contributed by atoms with Crippen LogP contribution in [0, 0.1) is 0 Å². The molecular weight excluding hydrogens is 361 g/mol. The molecule has 0 atom stereocenters. The zero-order valence-electron chi connectivity index (χ0n) is 11.3. The number of aromatic nitrogens is 2. The van der Waals surface area contributed by atoms with E-state index in [4.69, 9.17) is 23.2 Å². The van der Waals surface area contributed by atoms with Crippen molar-refractivity contribution in [3.05, 3.63) is 44.7 Å². The van der Waals surface area contributed by atoms with Gasteiger partial charge in [0.1, 0.15) is 16.8 Å². The molecule has 0 aliphatic heterocycles. The standard InChI is InChI=1S/C14H14BrCl2N3/c1-14(2,3)13-19-10(17)7-11(20-13)18-9-6-4-5-8(16)12(9)15/h4-7H,1-3H3,(H,18,19,20). The minimum atomic E-state index is -0.174. The molecule has 0 fully saturated rings. The highest BCUT2D eigenvalue weighted by Crippen LogP contribution is 2.32. The number of hydrogen-bond acceptors (Lipinski definition) is 3. The lowest BCUT2D eigenvalue weighted by molar-refractivity contribution is 0.546. The zero-order chi connectivity index (χ0) is 14.9. The first-order chi connectivity index (χ1) is 9.27. The third-order valence-corrected chi connectivity index (χ3v) is 4.17. The van der Waals surface area contributed by atoms with Crippen LogP contribution in [0.2, 0.25) is 10.2 Å². The molecule has 106 valence electrons. The lowest BCUT2D eigenvalue weighted by Crippen LogP contribution is -2.16. The van der Waals surface area contributed by atoms with Gasteiger partial charge in [0, 0.05) is 11.5 Å². The predicted octanol–water partition coefficient (Wildman–Crippen LogP) is 5.59. The van der Waals surface area contributed by atoms with Gasteiger partial charge >= 0.3 is 0 Å². The molecule has 0 unspecified atom stereocenters. The summed E-state index contributed by atoms with van der Waals surface area (Å²) in [6, 6.07) is 7.26. The van der Waals surface area contributed by atoms with E-state index >= 15 is 0 Å². The molecule has 20 heavy (non-hydrogen) atoms. The molecule has 0 saturated carbocycles. The Morgan fingerprint density at radius 1 is 1.15 bits per heavy atom. The average Bonchev–Trinajstić information content (AvgIpc) is 2.33. The summed E-state index contributed by atoms with van der Waals surface area (Å²) in [5.74, 6) is 1.32. The molecule has 0 radical (unpaired) electrons. The van der Waals surface area contributed by atoms with E-state index in [0.29, 0.717) is 21.8 Å². The number of nitrogens with zero attached hydrogens (tertiary/aromatic N) is 2. The summed E-state index contributed by atoms with van der Waals surface area (Å²) in [5, 5.41) is 4.24. The van der Waals surface area contributed by atoms with Crippen molar-refractivity contribution in [3.63, 3.8) is 0 Å². The van der Waals surface area contributed by atoms with E-state index in [9.17, 15) is 0 Å². The maximum atomic E-state index is 6.07. The molecule has 0 bridgehead atoms. The first-order valence-electron chi connectivity index (χ1n) is 6.03. The molecule has 1 heterocycles. The van der Waals surface area contributed by atoms with Gasteiger partial charge in [-0.1, -0.05) is 50.0 Å². The van der Waals surface area contributed by atoms with Gasteiger partial charge in [-0.25, -0.2) is 9.97 Å². The summed E-state index contributed by atoms with van der Waals surface area (Å²) < 4.78 is 0.786. The van der Waals surface area contributed by atoms with E-state index < -0.39 is 0 Å². The van der Waals surface area contributed by atoms with Gasteiger partial charge in [-0.3, -0.25) is 0 Å². The molecule has 0 aliphatic rings. The summed E-state index contributed by atoms with van der Waals surface area (Å²) in [6.45, 7) is 6.12. The molecule has 3 nitrogen and oxygen atoms in total. The van der Waals surface area contributed by atoms with E-state index in [-0.39, 0.29) is 5.41 Å². The lowest BCUT2D eigenvalue weighted by Gasteiger charge is -2.18. The van der Waals surface area contributed by atoms with Crippen LogP contribution in [0.4, 0.5) is 11.5 Å². The van der Waals surface area contributed by atoms with Gasteiger partial charge in [-0.15, -0.1) is 0 Å². The Kier molecular flexibility index (Phi) is 4.57. The van der Waals surface area contributed by atoms with E-state index in [2.05, 4.69) is 31.2 Å². The highest BCUT2D eigenvalue weighted by molar-refractivity contribution is 9.10. The Bertz CT molecular complexity index is 639. The number of nitrogens with one attached hydrogen (secondary N) is 1. The van der Waals surface area contributed by atoms with Crippen LogP contribution in [0.3, 0.4) is 0 Å². The Labute approximate surface area is 136 Å². The molecule has 1 aromatic carbocycles. The molecule has 1 aromatic heterocycles. The molecule has 0 aliphatic carbocycles. The largest absolute Gasteiger partial charge is 0.339 e. The van der Waals surface area contributed by atoms with Gasteiger partial charge in [-0.05, 0) is 28.1 Å². The number of rotatable bonds is 2. The third kappa shape index (κ3) is 3.62. The molecule has 0 amide bonds. The van der Waals surface area contributed by atoms with Crippen LogP contribution in [-0.4, -0.2) is 9.97 Å². The lowest BCUT2D eigenvalue weighted by atomic mass is 9.96. The van der Waals surface area contributed by atoms with Crippen LogP contribution in [0.5, 0.6) is 0 Å². The maximum Gasteiger partial charge on any atom is 0.137 e. The molecule has 1 N–H and O–H groups in total. The fourth-order valence-electron chi connectivity index (χ4n) is 1.56. The van der Waals surface area contributed by atoms with Crippen molar-refractivity contribution in [1.82, 2.24) is 9.97 Å². The fraction of sp³-hybridized carbons (Fsp3) is 0.286. The smallest absolute Gasteiger partial charge is 0.137 e. The van der Waals surface area contributed by atoms with Gasteiger partial charge in [0.15, 0.2) is 0 Å². The van der Waals surface area contributed by atoms with Crippen molar-refractivity contribution in [1.29, 1.82) is 0 Å². The Balaban J connectivity index is 2.39. The second-order valence-electron chi connectivity index (χ2n) is 5.38. The van der Waals surface area contributed by atoms with Crippen molar-refractivity contribution in [3.8, 4) is 0 Å². The summed E-state index contributed by atoms with van der Waals surface area (Å²) >= 11 is 15.6. The number of hydrogen-bond donors (Lipinski definition) is 1. The van der Waals surface area contributed by atoms with Crippen molar-refractivity contribution in [2.75, 3.05) is 5.32 Å². The SMILES string of the molecule is CC(C)(C)c1nc(Cl)cc(Nc2cccc(Cl)c2Br)n1. The number of benzene rings is 1. The van der Waals surface area contributed by atoms with Crippen LogP contribution < -0.4 is 5.32 Å². The van der Waals surface area contributed by atoms with Crippen molar-refractivity contribution >= 4 is 50.6 Å². The van der Waals surface area contributed by atoms with Crippen LogP contribution in [0.15, 0.2) is 28.7 Å². The summed E-state index contributed by atoms with van der Waals surface area (Å²) in [6.07, 6.45) is 0. The van der Waals surface area contributed by atoms with E-state index in [1.807, 2.05) is 39.0 Å². The summed E-state index contributed by atoms with van der Waals surface area (Å²) in [7, 11) is 0. The third-order valence-electron chi connectivity index (χ3n) is 2.58. The second-order valence-corrected chi connectivity index (χ2v) is 6.96. The summed E-state index contributed by atoms with van der Waals surface area (Å²) in [5.41, 5.74) is 0.652. The Morgan fingerprint density at radius 2 is 1.85 bits per heavy atom. The number of halogens is 3. The van der Waals surface area contributed by atoms with E-state index in [1.165, 1.54) is 0 Å². The average molecular weight is 375 g/mol. The minimum Gasteiger partial charge on any atom is -0.339 e. The van der Waals surface area contributed by atoms with Crippen LogP contribution >= 0.6 is 39.1 Å². The first kappa shape index (κ1) is 15.5. The van der Waals surface area contributed by atoms with Gasteiger partial charge in [0.05, 0.1) is 15.2 Å². The topological polar surface area (TPSA) is 37.8 Å². The summed E-state index contributed by atoms with van der Waals surface area (Å²) in [4.78, 5) is 8.76. The molecule has 2 rings (SSSR count). The highest BCUT2D eigenvalue weighted by atomic mass is 79.9. The van der Waals surface area contributed by atoms with Gasteiger partial charge < -0.3 is 5.32 Å². The predicted molar refractivity (Wildman–Crippen MR) is 88.2 cm³/mol. The molecule has 2 aromatic rings. The van der Waals surface area contributed by atoms with Gasteiger partial charge in [0.2, 0.25) is 0 Å². The van der Waals surface area contributed by atoms with Crippen molar-refractivity contribution in [2.24, 2.45) is 0 Å². The molecular formula is C14H14BrCl2N3. The van der Waals surface area contributed by atoms with E-state index in [1.54, 1.807) is 6.07 Å². The number of anilines is 2. The quantitative estimate of drug-likeness (QED) is 0.696. The molecule has 6 heteroatoms. The second kappa shape index (κ2) is 5.88. The van der Waals surface area contributed by atoms with Crippen molar-refractivity contribution in [2.45, 2.75) is 26.2 Å². The molecule has 0 saturated heterocycles. The zero-order valence-corrected chi connectivity index (χ0v) is 14.4. The van der Waals surface area contributed by atoms with E-state index in [0.717, 1.165) is 10.2 Å². The van der Waals surface area contributed by atoms with Crippen LogP contribution in [0.1, 0.15) is 26.6 Å². The highest BCUT2D eigenvalue weighted by Gasteiger charge is 2.19. The Morgan fingerprint density at radius 3 is 2.50 bits per heavy atom. The van der Waals surface area contributed by atoms with Gasteiger partial charge in [0.25, 0.3) is 0 Å². The van der Waals surface area contributed by atoms with Gasteiger partial charge in [-0.2, -0.15) is 0 Å². The van der Waals surface area contributed by atoms with Crippen LogP contribution in [-0.2, 0) is 5.41 Å². The first-order valence-corrected chi connectivity index (χ1v) is 7.58. The Hall–Kier alpha value is -0.840. The fourth-order valence-corrected chi connectivity index (χ4v) is 2.28. The monoisotopic (exact) mass is 373 g/mol. The normalized spacial score (nSPS) is 11.5. The maximum absolute atomic E-state index is 6.07.